The second kappa shape index (κ2) is 1.28. The molecule has 1 nitrogen and oxygen atoms in total. The van der Waals surface area contributed by atoms with Gasteiger partial charge in [0.25, 0.3) is 0 Å². The van der Waals surface area contributed by atoms with Crippen LogP contribution in [-0.2, 0) is 11.3 Å². The van der Waals surface area contributed by atoms with Gasteiger partial charge < -0.3 is 0 Å². The van der Waals surface area contributed by atoms with Gasteiger partial charge in [0.1, 0.15) is 0 Å². The van der Waals surface area contributed by atoms with Crippen LogP contribution < -0.4 is 10.6 Å². The van der Waals surface area contributed by atoms with E-state index in [0.717, 1.165) is 14.4 Å². The summed E-state index contributed by atoms with van der Waals surface area (Å²) < 4.78 is 1.09. The molecule has 2 aromatic carbocycles. The third-order valence-corrected chi connectivity index (χ3v) is 67.2. The zero-order valence-electron chi connectivity index (χ0n) is 14.2. The Hall–Kier alpha value is -0.941. The van der Waals surface area contributed by atoms with Crippen molar-refractivity contribution in [3.63, 3.8) is 0 Å². The van der Waals surface area contributed by atoms with Crippen LogP contribution in [0.25, 0.3) is 0 Å². The Labute approximate surface area is 143 Å². The van der Waals surface area contributed by atoms with Crippen LogP contribution in [0.4, 0.5) is 0 Å². The molecule has 10 fully saturated rings. The van der Waals surface area contributed by atoms with Gasteiger partial charge in [-0.2, -0.15) is 0 Å². The predicted octanol–water partition coefficient (Wildman–Crippen LogP) is 4.99. The van der Waals surface area contributed by atoms with Crippen molar-refractivity contribution >= 4 is 24.8 Å². The quantitative estimate of drug-likeness (QED) is 0.403. The number of carbonyl (C=O) groups is 1. The minimum absolute atomic E-state index is 0.265. The second-order valence-electron chi connectivity index (χ2n) is 12.9. The average Bonchev–Trinajstić information content (AvgIpc) is 3.64. The fourth-order valence-corrected chi connectivity index (χ4v) is 109. The van der Waals surface area contributed by atoms with E-state index in [1.54, 1.807) is 16.9 Å². The number of aldehydes is 1. The number of benzene rings is 2. The molecular formula is C23H19FeOP. The summed E-state index contributed by atoms with van der Waals surface area (Å²) in [6.45, 7) is -3.64. The SMILES string of the molecule is O=C[C]12[CH]3[CH]4[C]5(P(c6ccccc6)c6ccccc6)[CH]1[Fe]34251678[CH]2[CH]1[CH]6[CH]7[CH]28. The summed E-state index contributed by atoms with van der Waals surface area (Å²) in [5, 5.41) is 3.26. The summed E-state index contributed by atoms with van der Waals surface area (Å²) in [5.41, 5.74) is 0. The minimum atomic E-state index is -3.64. The van der Waals surface area contributed by atoms with Crippen molar-refractivity contribution in [3.8, 4) is 0 Å². The van der Waals surface area contributed by atoms with Crippen molar-refractivity contribution in [2.75, 3.05) is 0 Å². The van der Waals surface area contributed by atoms with Crippen molar-refractivity contribution in [1.82, 2.24) is 0 Å². The molecule has 5 atom stereocenters. The van der Waals surface area contributed by atoms with Crippen molar-refractivity contribution < 1.29 is 11.3 Å². The third kappa shape index (κ3) is 0.169. The monoisotopic (exact) mass is 398 g/mol. The van der Waals surface area contributed by atoms with Crippen LogP contribution in [0.5, 0.6) is 0 Å². The van der Waals surface area contributed by atoms with Crippen molar-refractivity contribution in [2.24, 2.45) is 0 Å². The molecule has 3 heteroatoms. The second-order valence-corrected chi connectivity index (χ2v) is 39.0. The zero-order chi connectivity index (χ0) is 16.4. The number of hydrogen-bond acceptors (Lipinski definition) is 1. The van der Waals surface area contributed by atoms with Crippen molar-refractivity contribution in [2.45, 2.75) is 46.9 Å². The molecular weight excluding hydrogens is 379 g/mol. The van der Waals surface area contributed by atoms with Gasteiger partial charge >= 0.3 is 144 Å². The molecule has 0 aromatic heterocycles. The summed E-state index contributed by atoms with van der Waals surface area (Å²) in [6, 6.07) is 23.1. The molecule has 0 bridgehead atoms. The average molecular weight is 398 g/mol. The molecule has 130 valence electrons. The Morgan fingerprint density at radius 2 is 1.27 bits per heavy atom. The Balaban J connectivity index is 1.31. The van der Waals surface area contributed by atoms with Gasteiger partial charge in [-0.3, -0.25) is 0 Å². The summed E-state index contributed by atoms with van der Waals surface area (Å²) in [5.74, 6) is 0. The van der Waals surface area contributed by atoms with Gasteiger partial charge in [0.05, 0.1) is 0 Å². The molecule has 12 rings (SSSR count). The molecule has 0 radical (unpaired) electrons. The number of rotatable bonds is 4. The first-order chi connectivity index (χ1) is 12.6. The first-order valence-corrected chi connectivity index (χ1v) is 17.7. The molecule has 10 heterocycles. The van der Waals surface area contributed by atoms with Gasteiger partial charge in [-0.05, 0) is 0 Å². The molecule has 0 aliphatic carbocycles. The number of hydrogen-bond donors (Lipinski definition) is 0. The van der Waals surface area contributed by atoms with Crippen LogP contribution in [-0.4, -0.2) is 10.3 Å². The molecule has 2 aromatic rings. The van der Waals surface area contributed by atoms with Gasteiger partial charge in [-0.1, -0.05) is 0 Å². The van der Waals surface area contributed by atoms with Crippen LogP contribution in [0, 0.1) is 0 Å². The van der Waals surface area contributed by atoms with E-state index in [1.807, 2.05) is 0 Å². The van der Waals surface area contributed by atoms with Crippen LogP contribution in [0.3, 0.4) is 0 Å². The molecule has 10 aliphatic rings. The van der Waals surface area contributed by atoms with E-state index >= 15 is 0 Å². The normalized spacial score (nSPS) is 84.7. The third-order valence-electron chi connectivity index (χ3n) is 17.4. The molecule has 0 amide bonds. The maximum absolute atomic E-state index is 12.6. The predicted molar refractivity (Wildman–Crippen MR) is 101 cm³/mol. The molecule has 1 spiro atoms. The molecule has 26 heavy (non-hydrogen) atoms. The standard InChI is InChI=1S/C18H14OP.C5H5.Fe/c19-14-15-11-12-18(13-15)20(16-7-3-1-4-8-16)17-9-5-2-6-10-17;1-2-4-5-3-1;/h1-14H;1-5H;. The van der Waals surface area contributed by atoms with Gasteiger partial charge in [-0.25, -0.2) is 0 Å². The number of fused-ring (bicyclic) bond motifs is 10. The molecule has 10 saturated heterocycles. The van der Waals surface area contributed by atoms with Crippen molar-refractivity contribution in [1.29, 1.82) is 0 Å². The topological polar surface area (TPSA) is 17.1 Å². The molecule has 10 aliphatic heterocycles. The summed E-state index contributed by atoms with van der Waals surface area (Å²) in [6.07, 6.45) is 1.63. The van der Waals surface area contributed by atoms with Crippen LogP contribution >= 0.6 is 7.92 Å². The molecule has 5 unspecified atom stereocenters. The Morgan fingerprint density at radius 3 is 1.62 bits per heavy atom. The zero-order valence-corrected chi connectivity index (χ0v) is 16.2. The van der Waals surface area contributed by atoms with Gasteiger partial charge in [0.2, 0.25) is 0 Å². The fraction of sp³-hybridized carbons (Fsp3) is 0.435. The summed E-state index contributed by atoms with van der Waals surface area (Å²) in [7, 11) is -0.265. The molecule has 0 N–H and O–H groups in total. The maximum atomic E-state index is 12.6. The Morgan fingerprint density at radius 1 is 0.769 bits per heavy atom. The van der Waals surface area contributed by atoms with Crippen LogP contribution in [0.15, 0.2) is 60.7 Å². The van der Waals surface area contributed by atoms with E-state index in [2.05, 4.69) is 60.7 Å². The van der Waals surface area contributed by atoms with Crippen LogP contribution in [0.2, 0.25) is 42.8 Å². The van der Waals surface area contributed by atoms with Gasteiger partial charge in [-0.15, -0.1) is 0 Å². The summed E-state index contributed by atoms with van der Waals surface area (Å²) in [4.78, 5) is 21.7. The first kappa shape index (κ1) is 11.2. The van der Waals surface area contributed by atoms with E-state index in [-0.39, 0.29) is 7.92 Å². The first-order valence-electron chi connectivity index (χ1n) is 10.2. The summed E-state index contributed by atoms with van der Waals surface area (Å²) >= 11 is 0. The van der Waals surface area contributed by atoms with E-state index in [1.165, 1.54) is 24.1 Å². The van der Waals surface area contributed by atoms with E-state index in [9.17, 15) is 4.79 Å². The van der Waals surface area contributed by atoms with Crippen molar-refractivity contribution in [3.05, 3.63) is 60.7 Å². The molecule has 0 saturated carbocycles. The van der Waals surface area contributed by atoms with E-state index in [4.69, 9.17) is 0 Å². The van der Waals surface area contributed by atoms with Gasteiger partial charge in [0, 0.05) is 0 Å². The van der Waals surface area contributed by atoms with Crippen LogP contribution in [0.1, 0.15) is 0 Å². The van der Waals surface area contributed by atoms with E-state index < -0.39 is 6.51 Å². The fourth-order valence-electron chi connectivity index (χ4n) is 19.2. The Kier molecular flexibility index (Phi) is 0.548. The van der Waals surface area contributed by atoms with E-state index in [0.29, 0.717) is 8.37 Å². The van der Waals surface area contributed by atoms with Gasteiger partial charge in [0.15, 0.2) is 0 Å². The Bertz CT molecular complexity index is 1520. The number of carbonyl (C=O) groups excluding carboxylic acids is 1.